The molecule has 3 fully saturated rings. The van der Waals surface area contributed by atoms with Gasteiger partial charge in [-0.15, -0.1) is 0 Å². The average Bonchev–Trinajstić information content (AvgIpc) is 2.97. The molecule has 1 nitrogen and oxygen atoms in total. The lowest BCUT2D eigenvalue weighted by Gasteiger charge is -2.54. The lowest BCUT2D eigenvalue weighted by atomic mass is 9.69. The summed E-state index contributed by atoms with van der Waals surface area (Å²) in [4.78, 5) is 2.91. The van der Waals surface area contributed by atoms with E-state index < -0.39 is 0 Å². The molecule has 1 saturated heterocycles. The van der Waals surface area contributed by atoms with Gasteiger partial charge in [0.2, 0.25) is 0 Å². The van der Waals surface area contributed by atoms with E-state index >= 15 is 0 Å². The summed E-state index contributed by atoms with van der Waals surface area (Å²) in [5, 5.41) is 0. The molecule has 0 amide bonds. The van der Waals surface area contributed by atoms with E-state index in [1.54, 1.807) is 0 Å². The second-order valence-corrected chi connectivity index (χ2v) is 6.97. The Bertz CT molecular complexity index is 261. The van der Waals surface area contributed by atoms with E-state index in [0.717, 1.165) is 11.3 Å². The fourth-order valence-electron chi connectivity index (χ4n) is 4.01. The lowest BCUT2D eigenvalue weighted by Crippen LogP contribution is -2.58. The van der Waals surface area contributed by atoms with Crippen LogP contribution in [0.2, 0.25) is 0 Å². The van der Waals surface area contributed by atoms with Gasteiger partial charge in [-0.2, -0.15) is 0 Å². The molecule has 0 unspecified atom stereocenters. The molecule has 0 aromatic heterocycles. The zero-order valence-electron chi connectivity index (χ0n) is 11.1. The van der Waals surface area contributed by atoms with Gasteiger partial charge in [-0.05, 0) is 62.8 Å². The molecule has 1 aliphatic heterocycles. The maximum Gasteiger partial charge on any atom is 0.0209 e. The van der Waals surface area contributed by atoms with Crippen molar-refractivity contribution in [3.8, 4) is 0 Å². The minimum Gasteiger partial charge on any atom is -0.297 e. The van der Waals surface area contributed by atoms with Crippen molar-refractivity contribution in [2.24, 2.45) is 11.3 Å². The Morgan fingerprint density at radius 2 is 1.62 bits per heavy atom. The van der Waals surface area contributed by atoms with E-state index in [-0.39, 0.29) is 0 Å². The first kappa shape index (κ1) is 11.1. The second-order valence-electron chi connectivity index (χ2n) is 6.97. The van der Waals surface area contributed by atoms with Gasteiger partial charge in [0.05, 0.1) is 0 Å². The molecule has 92 valence electrons. The highest BCUT2D eigenvalue weighted by molar-refractivity contribution is 5.05. The molecule has 2 saturated carbocycles. The fraction of sp³-hybridized carbons (Fsp3) is 1.00. The van der Waals surface area contributed by atoms with Gasteiger partial charge >= 0.3 is 0 Å². The van der Waals surface area contributed by atoms with Crippen LogP contribution in [0.15, 0.2) is 0 Å². The van der Waals surface area contributed by atoms with Crippen LogP contribution in [0, 0.1) is 11.3 Å². The van der Waals surface area contributed by atoms with E-state index in [2.05, 4.69) is 18.7 Å². The van der Waals surface area contributed by atoms with Crippen molar-refractivity contribution in [1.29, 1.82) is 0 Å². The van der Waals surface area contributed by atoms with E-state index in [1.807, 2.05) is 0 Å². The minimum absolute atomic E-state index is 0.683. The third kappa shape index (κ3) is 1.63. The Kier molecular flexibility index (Phi) is 2.58. The van der Waals surface area contributed by atoms with Crippen LogP contribution in [0.3, 0.4) is 0 Å². The van der Waals surface area contributed by atoms with Crippen LogP contribution >= 0.6 is 0 Å². The summed E-state index contributed by atoms with van der Waals surface area (Å²) >= 11 is 0. The zero-order chi connectivity index (χ0) is 11.2. The first-order valence-corrected chi connectivity index (χ1v) is 7.42. The standard InChI is InChI=1S/C15H27N/c1-13(2)14(9-10-14)12-16-11-4-3-6-15(16)7-5-8-15/h13H,3-12H2,1-2H3. The summed E-state index contributed by atoms with van der Waals surface area (Å²) < 4.78 is 0. The molecule has 0 radical (unpaired) electrons. The van der Waals surface area contributed by atoms with Gasteiger partial charge in [0, 0.05) is 12.1 Å². The molecular weight excluding hydrogens is 194 g/mol. The Morgan fingerprint density at radius 3 is 2.12 bits per heavy atom. The molecule has 0 aromatic carbocycles. The first-order valence-electron chi connectivity index (χ1n) is 7.42. The van der Waals surface area contributed by atoms with Gasteiger partial charge in [-0.25, -0.2) is 0 Å². The summed E-state index contributed by atoms with van der Waals surface area (Å²) in [6.07, 6.45) is 11.9. The molecule has 0 aromatic rings. The summed E-state index contributed by atoms with van der Waals surface area (Å²) in [6.45, 7) is 7.69. The van der Waals surface area contributed by atoms with Crippen LogP contribution in [0.4, 0.5) is 0 Å². The van der Waals surface area contributed by atoms with Crippen LogP contribution in [0.1, 0.15) is 65.2 Å². The van der Waals surface area contributed by atoms with Crippen LogP contribution in [-0.4, -0.2) is 23.5 Å². The van der Waals surface area contributed by atoms with Crippen LogP contribution in [0.25, 0.3) is 0 Å². The SMILES string of the molecule is CC(C)C1(CN2CCCCC23CCC3)CC1. The summed E-state index contributed by atoms with van der Waals surface area (Å²) in [7, 11) is 0. The predicted octanol–water partition coefficient (Wildman–Crippen LogP) is 3.83. The van der Waals surface area contributed by atoms with Gasteiger partial charge < -0.3 is 0 Å². The molecule has 2 aliphatic carbocycles. The van der Waals surface area contributed by atoms with Crippen molar-refractivity contribution in [2.45, 2.75) is 70.8 Å². The lowest BCUT2D eigenvalue weighted by molar-refractivity contribution is -0.0342. The topological polar surface area (TPSA) is 3.24 Å². The molecule has 1 heteroatoms. The molecule has 3 aliphatic rings. The Labute approximate surface area is 101 Å². The molecule has 1 spiro atoms. The van der Waals surface area contributed by atoms with Crippen LogP contribution < -0.4 is 0 Å². The van der Waals surface area contributed by atoms with E-state index in [1.165, 1.54) is 64.5 Å². The van der Waals surface area contributed by atoms with Crippen molar-refractivity contribution in [1.82, 2.24) is 4.90 Å². The summed E-state index contributed by atoms with van der Waals surface area (Å²) in [5.41, 5.74) is 1.41. The molecule has 0 bridgehead atoms. The van der Waals surface area contributed by atoms with Gasteiger partial charge in [0.25, 0.3) is 0 Å². The monoisotopic (exact) mass is 221 g/mol. The van der Waals surface area contributed by atoms with Gasteiger partial charge in [0.15, 0.2) is 0 Å². The molecule has 16 heavy (non-hydrogen) atoms. The molecule has 1 heterocycles. The summed E-state index contributed by atoms with van der Waals surface area (Å²) in [5.74, 6) is 0.895. The quantitative estimate of drug-likeness (QED) is 0.700. The number of piperidine rings is 1. The van der Waals surface area contributed by atoms with Gasteiger partial charge in [0.1, 0.15) is 0 Å². The van der Waals surface area contributed by atoms with E-state index in [4.69, 9.17) is 0 Å². The highest BCUT2D eigenvalue weighted by atomic mass is 15.2. The largest absolute Gasteiger partial charge is 0.297 e. The molecule has 0 atom stereocenters. The maximum absolute atomic E-state index is 2.91. The van der Waals surface area contributed by atoms with Gasteiger partial charge in [-0.3, -0.25) is 4.90 Å². The number of hydrogen-bond donors (Lipinski definition) is 0. The highest BCUT2D eigenvalue weighted by Gasteiger charge is 2.51. The molecular formula is C15H27N. The van der Waals surface area contributed by atoms with Crippen LogP contribution in [-0.2, 0) is 0 Å². The number of rotatable bonds is 3. The van der Waals surface area contributed by atoms with Crippen LogP contribution in [0.5, 0.6) is 0 Å². The smallest absolute Gasteiger partial charge is 0.0209 e. The van der Waals surface area contributed by atoms with Crippen molar-refractivity contribution in [3.63, 3.8) is 0 Å². The maximum atomic E-state index is 2.91. The average molecular weight is 221 g/mol. The van der Waals surface area contributed by atoms with E-state index in [0.29, 0.717) is 5.54 Å². The first-order chi connectivity index (χ1) is 7.67. The zero-order valence-corrected chi connectivity index (χ0v) is 11.1. The fourth-order valence-corrected chi connectivity index (χ4v) is 4.01. The predicted molar refractivity (Wildman–Crippen MR) is 68.5 cm³/mol. The second kappa shape index (κ2) is 3.73. The number of hydrogen-bond acceptors (Lipinski definition) is 1. The van der Waals surface area contributed by atoms with Crippen molar-refractivity contribution < 1.29 is 0 Å². The summed E-state index contributed by atoms with van der Waals surface area (Å²) in [6, 6.07) is 0. The molecule has 0 N–H and O–H groups in total. The Hall–Kier alpha value is -0.0400. The normalized spacial score (nSPS) is 31.7. The Morgan fingerprint density at radius 1 is 0.938 bits per heavy atom. The number of likely N-dealkylation sites (tertiary alicyclic amines) is 1. The van der Waals surface area contributed by atoms with Crippen molar-refractivity contribution in [3.05, 3.63) is 0 Å². The third-order valence-electron chi connectivity index (χ3n) is 5.90. The number of nitrogens with zero attached hydrogens (tertiary/aromatic N) is 1. The molecule has 3 rings (SSSR count). The van der Waals surface area contributed by atoms with E-state index in [9.17, 15) is 0 Å². The third-order valence-corrected chi connectivity index (χ3v) is 5.90. The van der Waals surface area contributed by atoms with Gasteiger partial charge in [-0.1, -0.05) is 20.3 Å². The Balaban J connectivity index is 1.68. The van der Waals surface area contributed by atoms with Crippen molar-refractivity contribution in [2.75, 3.05) is 13.1 Å². The van der Waals surface area contributed by atoms with Crippen molar-refractivity contribution >= 4 is 0 Å². The minimum atomic E-state index is 0.683. The highest BCUT2D eigenvalue weighted by Crippen LogP contribution is 2.55.